The molecular weight excluding hydrogens is 318 g/mol. The molecule has 2 atom stereocenters. The number of nitrogens with zero attached hydrogens (tertiary/aromatic N) is 2. The highest BCUT2D eigenvalue weighted by atomic mass is 16.3. The lowest BCUT2D eigenvalue weighted by atomic mass is 9.73. The Kier molecular flexibility index (Phi) is 5.32. The molecule has 1 aromatic heterocycles. The standard InChI is InChI=1S/C19H25N3O3/c1-14-20-16(9-18(25)21-14)11-22-8-7-17(24)19(12-22,13-23)10-15-5-3-2-4-6-15/h2-6,9,17,23-24H,7-8,10-13H2,1H3,(H,20,21,25)/t17-,19+/m0/s1. The number of aromatic amines is 1. The van der Waals surface area contributed by atoms with Crippen LogP contribution in [0.4, 0.5) is 0 Å². The maximum absolute atomic E-state index is 11.6. The molecule has 2 heterocycles. The number of hydrogen-bond donors (Lipinski definition) is 3. The third-order valence-electron chi connectivity index (χ3n) is 4.98. The van der Waals surface area contributed by atoms with Gasteiger partial charge in [0.05, 0.1) is 18.4 Å². The van der Waals surface area contributed by atoms with Gasteiger partial charge in [0.2, 0.25) is 0 Å². The number of aliphatic hydroxyl groups excluding tert-OH is 2. The van der Waals surface area contributed by atoms with E-state index >= 15 is 0 Å². The highest BCUT2D eigenvalue weighted by Gasteiger charge is 2.42. The number of aliphatic hydroxyl groups is 2. The van der Waals surface area contributed by atoms with Gasteiger partial charge in [0.15, 0.2) is 0 Å². The molecule has 0 spiro atoms. The fourth-order valence-corrected chi connectivity index (χ4v) is 3.71. The molecule has 25 heavy (non-hydrogen) atoms. The number of piperidine rings is 1. The van der Waals surface area contributed by atoms with Gasteiger partial charge in [-0.15, -0.1) is 0 Å². The molecule has 0 unspecified atom stereocenters. The van der Waals surface area contributed by atoms with E-state index in [0.717, 1.165) is 5.56 Å². The molecular formula is C19H25N3O3. The average Bonchev–Trinajstić information content (AvgIpc) is 2.58. The van der Waals surface area contributed by atoms with Crippen molar-refractivity contribution in [1.29, 1.82) is 0 Å². The van der Waals surface area contributed by atoms with Crippen molar-refractivity contribution in [1.82, 2.24) is 14.9 Å². The molecule has 0 aliphatic carbocycles. The highest BCUT2D eigenvalue weighted by Crippen LogP contribution is 2.34. The number of hydrogen-bond acceptors (Lipinski definition) is 5. The van der Waals surface area contributed by atoms with Gasteiger partial charge in [-0.05, 0) is 25.3 Å². The zero-order valence-electron chi connectivity index (χ0n) is 14.5. The van der Waals surface area contributed by atoms with Crippen molar-refractivity contribution in [3.8, 4) is 0 Å². The molecule has 1 aromatic carbocycles. The monoisotopic (exact) mass is 343 g/mol. The Morgan fingerprint density at radius 3 is 2.80 bits per heavy atom. The van der Waals surface area contributed by atoms with Crippen LogP contribution in [-0.2, 0) is 13.0 Å². The first-order chi connectivity index (χ1) is 12.0. The predicted molar refractivity (Wildman–Crippen MR) is 95.2 cm³/mol. The molecule has 1 saturated heterocycles. The van der Waals surface area contributed by atoms with Gasteiger partial charge in [-0.3, -0.25) is 9.69 Å². The first-order valence-electron chi connectivity index (χ1n) is 8.63. The van der Waals surface area contributed by atoms with Crippen LogP contribution >= 0.6 is 0 Å². The molecule has 0 saturated carbocycles. The Balaban J connectivity index is 1.78. The molecule has 6 nitrogen and oxygen atoms in total. The predicted octanol–water partition coefficient (Wildman–Crippen LogP) is 0.866. The normalized spacial score (nSPS) is 24.4. The van der Waals surface area contributed by atoms with Gasteiger partial charge in [0, 0.05) is 31.1 Å². The first-order valence-corrected chi connectivity index (χ1v) is 8.63. The second-order valence-electron chi connectivity index (χ2n) is 7.02. The number of aromatic nitrogens is 2. The third-order valence-corrected chi connectivity index (χ3v) is 4.98. The van der Waals surface area contributed by atoms with E-state index < -0.39 is 11.5 Å². The fraction of sp³-hybridized carbons (Fsp3) is 0.474. The van der Waals surface area contributed by atoms with Crippen molar-refractivity contribution in [3.63, 3.8) is 0 Å². The van der Waals surface area contributed by atoms with Gasteiger partial charge in [-0.2, -0.15) is 0 Å². The largest absolute Gasteiger partial charge is 0.396 e. The molecule has 3 rings (SSSR count). The van der Waals surface area contributed by atoms with Gasteiger partial charge >= 0.3 is 0 Å². The molecule has 1 aliphatic rings. The van der Waals surface area contributed by atoms with Gasteiger partial charge in [0.1, 0.15) is 5.82 Å². The van der Waals surface area contributed by atoms with E-state index in [9.17, 15) is 15.0 Å². The smallest absolute Gasteiger partial charge is 0.251 e. The Morgan fingerprint density at radius 2 is 2.12 bits per heavy atom. The lowest BCUT2D eigenvalue weighted by molar-refractivity contribution is -0.0771. The SMILES string of the molecule is Cc1nc(CN2CC[C@H](O)[C@](CO)(Cc3ccccc3)C2)cc(=O)[nH]1. The lowest BCUT2D eigenvalue weighted by Gasteiger charge is -2.45. The minimum atomic E-state index is -0.601. The number of nitrogens with one attached hydrogen (secondary N) is 1. The van der Waals surface area contributed by atoms with Crippen LogP contribution in [-0.4, -0.2) is 50.9 Å². The van der Waals surface area contributed by atoms with Gasteiger partial charge in [0.25, 0.3) is 5.56 Å². The minimum absolute atomic E-state index is 0.0820. The van der Waals surface area contributed by atoms with Crippen LogP contribution in [0.25, 0.3) is 0 Å². The third kappa shape index (κ3) is 4.15. The van der Waals surface area contributed by atoms with E-state index in [0.29, 0.717) is 44.0 Å². The van der Waals surface area contributed by atoms with E-state index in [2.05, 4.69) is 14.9 Å². The summed E-state index contributed by atoms with van der Waals surface area (Å²) < 4.78 is 0. The van der Waals surface area contributed by atoms with Crippen molar-refractivity contribution < 1.29 is 10.2 Å². The summed E-state index contributed by atoms with van der Waals surface area (Å²) in [5, 5.41) is 20.7. The van der Waals surface area contributed by atoms with E-state index in [1.807, 2.05) is 30.3 Å². The quantitative estimate of drug-likeness (QED) is 0.749. The number of likely N-dealkylation sites (tertiary alicyclic amines) is 1. The van der Waals surface area contributed by atoms with Crippen LogP contribution in [0.1, 0.15) is 23.5 Å². The molecule has 2 aromatic rings. The Labute approximate surface area is 147 Å². The molecule has 1 aliphatic heterocycles. The van der Waals surface area contributed by atoms with Crippen molar-refractivity contribution in [2.45, 2.75) is 32.4 Å². The summed E-state index contributed by atoms with van der Waals surface area (Å²) in [6.07, 6.45) is 0.655. The van der Waals surface area contributed by atoms with Gasteiger partial charge in [-0.1, -0.05) is 30.3 Å². The summed E-state index contributed by atoms with van der Waals surface area (Å²) in [6, 6.07) is 11.4. The summed E-state index contributed by atoms with van der Waals surface area (Å²) in [7, 11) is 0. The topological polar surface area (TPSA) is 89.4 Å². The zero-order valence-corrected chi connectivity index (χ0v) is 14.5. The van der Waals surface area contributed by atoms with Crippen molar-refractivity contribution >= 4 is 0 Å². The van der Waals surface area contributed by atoms with E-state index in [1.54, 1.807) is 6.92 Å². The summed E-state index contributed by atoms with van der Waals surface area (Å²) in [4.78, 5) is 20.8. The number of benzene rings is 1. The van der Waals surface area contributed by atoms with Crippen molar-refractivity contribution in [2.75, 3.05) is 19.7 Å². The Bertz CT molecular complexity index is 762. The second kappa shape index (κ2) is 7.47. The lowest BCUT2D eigenvalue weighted by Crippen LogP contribution is -2.54. The van der Waals surface area contributed by atoms with Crippen LogP contribution < -0.4 is 5.56 Å². The first kappa shape index (κ1) is 17.8. The minimum Gasteiger partial charge on any atom is -0.396 e. The van der Waals surface area contributed by atoms with E-state index in [-0.39, 0.29) is 12.2 Å². The summed E-state index contributed by atoms with van der Waals surface area (Å²) in [6.45, 7) is 3.49. The number of aryl methyl sites for hydroxylation is 1. The van der Waals surface area contributed by atoms with Crippen LogP contribution in [0.3, 0.4) is 0 Å². The molecule has 0 bridgehead atoms. The number of rotatable bonds is 5. The van der Waals surface area contributed by atoms with Gasteiger partial charge in [-0.25, -0.2) is 4.98 Å². The van der Waals surface area contributed by atoms with Crippen LogP contribution in [0.2, 0.25) is 0 Å². The molecule has 1 fully saturated rings. The maximum atomic E-state index is 11.6. The van der Waals surface area contributed by atoms with Crippen LogP contribution in [0.15, 0.2) is 41.2 Å². The fourth-order valence-electron chi connectivity index (χ4n) is 3.71. The molecule has 6 heteroatoms. The van der Waals surface area contributed by atoms with Crippen LogP contribution in [0.5, 0.6) is 0 Å². The van der Waals surface area contributed by atoms with Crippen molar-refractivity contribution in [3.05, 3.63) is 63.8 Å². The molecule has 134 valence electrons. The summed E-state index contributed by atoms with van der Waals surface area (Å²) in [5.41, 5.74) is 1.06. The Morgan fingerprint density at radius 1 is 1.36 bits per heavy atom. The molecule has 0 radical (unpaired) electrons. The van der Waals surface area contributed by atoms with E-state index in [4.69, 9.17) is 0 Å². The average molecular weight is 343 g/mol. The second-order valence-corrected chi connectivity index (χ2v) is 7.02. The van der Waals surface area contributed by atoms with Crippen molar-refractivity contribution in [2.24, 2.45) is 5.41 Å². The zero-order chi connectivity index (χ0) is 17.9. The molecule has 0 amide bonds. The highest BCUT2D eigenvalue weighted by molar-refractivity contribution is 5.18. The summed E-state index contributed by atoms with van der Waals surface area (Å²) in [5.74, 6) is 0.595. The molecule has 3 N–H and O–H groups in total. The van der Waals surface area contributed by atoms with Crippen LogP contribution in [0, 0.1) is 12.3 Å². The summed E-state index contributed by atoms with van der Waals surface area (Å²) >= 11 is 0. The van der Waals surface area contributed by atoms with Gasteiger partial charge < -0.3 is 15.2 Å². The Hall–Kier alpha value is -2.02. The maximum Gasteiger partial charge on any atom is 0.251 e. The number of H-pyrrole nitrogens is 1. The van der Waals surface area contributed by atoms with E-state index in [1.165, 1.54) is 6.07 Å².